The molecule has 1 aromatic heterocycles. The van der Waals surface area contributed by atoms with Crippen LogP contribution < -0.4 is 5.56 Å². The van der Waals surface area contributed by atoms with Gasteiger partial charge in [-0.3, -0.25) is 14.2 Å². The third kappa shape index (κ3) is 2.94. The summed E-state index contributed by atoms with van der Waals surface area (Å²) < 4.78 is 6.64. The van der Waals surface area contributed by atoms with Crippen molar-refractivity contribution < 1.29 is 14.3 Å². The van der Waals surface area contributed by atoms with E-state index in [0.29, 0.717) is 29.5 Å². The van der Waals surface area contributed by atoms with Crippen molar-refractivity contribution in [2.24, 2.45) is 0 Å². The smallest absolute Gasteiger partial charge is 0.330 e. The molecule has 0 aliphatic carbocycles. The molecule has 144 valence electrons. The van der Waals surface area contributed by atoms with E-state index < -0.39 is 12.0 Å². The predicted octanol–water partition coefficient (Wildman–Crippen LogP) is 1.42. The number of benzene rings is 1. The van der Waals surface area contributed by atoms with Crippen LogP contribution in [-0.2, 0) is 27.5 Å². The van der Waals surface area contributed by atoms with Crippen molar-refractivity contribution in [2.75, 3.05) is 5.75 Å². The number of carbonyl (C=O) groups excluding carboxylic acids is 2. The predicted molar refractivity (Wildman–Crippen MR) is 102 cm³/mol. The lowest BCUT2D eigenvalue weighted by Crippen LogP contribution is -2.46. The monoisotopic (exact) mass is 398 g/mol. The van der Waals surface area contributed by atoms with Crippen molar-refractivity contribution >= 4 is 34.5 Å². The van der Waals surface area contributed by atoms with Gasteiger partial charge in [-0.2, -0.15) is 5.26 Å². The molecule has 0 saturated carbocycles. The Hall–Kier alpha value is -2.86. The van der Waals surface area contributed by atoms with E-state index >= 15 is 0 Å². The van der Waals surface area contributed by atoms with E-state index in [1.807, 2.05) is 13.0 Å². The number of para-hydroxylation sites is 1. The largest absolute Gasteiger partial charge is 0.456 e. The molecule has 2 atom stereocenters. The van der Waals surface area contributed by atoms with Crippen LogP contribution in [0.3, 0.4) is 0 Å². The lowest BCUT2D eigenvalue weighted by atomic mass is 10.2. The van der Waals surface area contributed by atoms with Gasteiger partial charge in [-0.05, 0) is 25.5 Å². The van der Waals surface area contributed by atoms with Gasteiger partial charge in [0.05, 0.1) is 21.8 Å². The van der Waals surface area contributed by atoms with Crippen LogP contribution in [0, 0.1) is 11.3 Å². The molecule has 2 saturated heterocycles. The molecule has 9 heteroatoms. The minimum atomic E-state index is -0.637. The van der Waals surface area contributed by atoms with Crippen LogP contribution in [0.25, 0.3) is 10.9 Å². The van der Waals surface area contributed by atoms with Crippen molar-refractivity contribution in [1.82, 2.24) is 14.5 Å². The summed E-state index contributed by atoms with van der Waals surface area (Å²) >= 11 is 1.58. The number of thioether (sulfide) groups is 1. The molecular formula is C19H18N4O4S. The van der Waals surface area contributed by atoms with Gasteiger partial charge in [-0.1, -0.05) is 12.1 Å². The number of aromatic nitrogens is 2. The van der Waals surface area contributed by atoms with Crippen LogP contribution in [0.2, 0.25) is 0 Å². The fourth-order valence-electron chi connectivity index (χ4n) is 3.79. The summed E-state index contributed by atoms with van der Waals surface area (Å²) in [4.78, 5) is 43.2. The third-order valence-corrected chi connectivity index (χ3v) is 6.74. The second-order valence-electron chi connectivity index (χ2n) is 6.97. The number of rotatable bonds is 4. The maximum Gasteiger partial charge on any atom is 0.330 e. The van der Waals surface area contributed by atoms with E-state index in [9.17, 15) is 14.4 Å². The standard InChI is InChI=1S/C19H18N4O4S/c1-19-7-6-16(24)23(19)14(11-28-19)18(26)27-10-15-21-13-5-3-2-4-12(13)17(25)22(15)9-8-20/h2-5,14H,6-7,9-11H2,1H3/t14-,19+/m1/s1. The maximum atomic E-state index is 12.7. The highest BCUT2D eigenvalue weighted by Crippen LogP contribution is 2.47. The molecule has 1 aromatic carbocycles. The molecule has 2 fully saturated rings. The Morgan fingerprint density at radius 3 is 3.00 bits per heavy atom. The highest BCUT2D eigenvalue weighted by atomic mass is 32.2. The first-order valence-electron chi connectivity index (χ1n) is 8.93. The zero-order valence-corrected chi connectivity index (χ0v) is 16.1. The first kappa shape index (κ1) is 18.5. The number of nitrogens with zero attached hydrogens (tertiary/aromatic N) is 4. The highest BCUT2D eigenvalue weighted by molar-refractivity contribution is 8.01. The number of hydrogen-bond donors (Lipinski definition) is 0. The number of amides is 1. The second-order valence-corrected chi connectivity index (χ2v) is 8.47. The van der Waals surface area contributed by atoms with Gasteiger partial charge in [0.25, 0.3) is 5.56 Å². The van der Waals surface area contributed by atoms with E-state index in [-0.39, 0.29) is 35.3 Å². The van der Waals surface area contributed by atoms with Crippen molar-refractivity contribution in [3.63, 3.8) is 0 Å². The molecule has 0 radical (unpaired) electrons. The average Bonchev–Trinajstić information content (AvgIpc) is 3.18. The minimum Gasteiger partial charge on any atom is -0.456 e. The molecule has 28 heavy (non-hydrogen) atoms. The molecule has 3 heterocycles. The quantitative estimate of drug-likeness (QED) is 0.717. The van der Waals surface area contributed by atoms with E-state index in [1.54, 1.807) is 40.9 Å². The molecule has 8 nitrogen and oxygen atoms in total. The summed E-state index contributed by atoms with van der Waals surface area (Å²) in [7, 11) is 0. The summed E-state index contributed by atoms with van der Waals surface area (Å²) in [5, 5.41) is 9.46. The minimum absolute atomic E-state index is 0.0420. The molecule has 0 unspecified atom stereocenters. The first-order chi connectivity index (χ1) is 13.4. The zero-order chi connectivity index (χ0) is 19.9. The van der Waals surface area contributed by atoms with Gasteiger partial charge in [0.2, 0.25) is 5.91 Å². The average molecular weight is 398 g/mol. The highest BCUT2D eigenvalue weighted by Gasteiger charge is 2.53. The summed E-state index contributed by atoms with van der Waals surface area (Å²) in [6, 6.07) is 8.12. The lowest BCUT2D eigenvalue weighted by molar-refractivity contribution is -0.155. The fraction of sp³-hybridized carbons (Fsp3) is 0.421. The Bertz CT molecular complexity index is 1080. The molecule has 1 amide bonds. The van der Waals surface area contributed by atoms with Gasteiger partial charge < -0.3 is 9.64 Å². The van der Waals surface area contributed by atoms with E-state index in [0.717, 1.165) is 0 Å². The van der Waals surface area contributed by atoms with Gasteiger partial charge in [-0.25, -0.2) is 9.78 Å². The molecule has 2 aliphatic heterocycles. The Labute approximate surface area is 165 Å². The van der Waals surface area contributed by atoms with Crippen molar-refractivity contribution in [3.8, 4) is 6.07 Å². The number of esters is 1. The van der Waals surface area contributed by atoms with Gasteiger partial charge in [0.1, 0.15) is 19.2 Å². The van der Waals surface area contributed by atoms with Crippen molar-refractivity contribution in [1.29, 1.82) is 5.26 Å². The summed E-state index contributed by atoms with van der Waals surface area (Å²) in [5.41, 5.74) is 0.128. The Balaban J connectivity index is 1.58. The van der Waals surface area contributed by atoms with Crippen LogP contribution in [0.15, 0.2) is 29.1 Å². The van der Waals surface area contributed by atoms with Gasteiger partial charge in [-0.15, -0.1) is 11.8 Å². The SMILES string of the molecule is C[C@]12CCC(=O)N1[C@@H](C(=O)OCc1nc3ccccc3c(=O)n1CC#N)CS2. The van der Waals surface area contributed by atoms with Crippen LogP contribution in [0.5, 0.6) is 0 Å². The third-order valence-electron chi connectivity index (χ3n) is 5.23. The number of fused-ring (bicyclic) bond motifs is 2. The van der Waals surface area contributed by atoms with E-state index in [1.165, 1.54) is 4.57 Å². The molecule has 2 aromatic rings. The Morgan fingerprint density at radius 1 is 1.43 bits per heavy atom. The second kappa shape index (κ2) is 6.95. The topological polar surface area (TPSA) is 105 Å². The fourth-order valence-corrected chi connectivity index (χ4v) is 5.20. The Morgan fingerprint density at radius 2 is 2.21 bits per heavy atom. The van der Waals surface area contributed by atoms with E-state index in [2.05, 4.69) is 4.98 Å². The van der Waals surface area contributed by atoms with Crippen molar-refractivity contribution in [2.45, 2.75) is 43.8 Å². The van der Waals surface area contributed by atoms with Gasteiger partial charge >= 0.3 is 5.97 Å². The summed E-state index contributed by atoms with van der Waals surface area (Å²) in [6.07, 6.45) is 1.15. The molecule has 0 N–H and O–H groups in total. The molecule has 0 spiro atoms. The normalized spacial score (nSPS) is 23.6. The van der Waals surface area contributed by atoms with Crippen LogP contribution in [0.1, 0.15) is 25.6 Å². The molecule has 4 rings (SSSR count). The van der Waals surface area contributed by atoms with Gasteiger partial charge in [0, 0.05) is 12.2 Å². The maximum absolute atomic E-state index is 12.7. The lowest BCUT2D eigenvalue weighted by Gasteiger charge is -2.29. The molecular weight excluding hydrogens is 380 g/mol. The van der Waals surface area contributed by atoms with Crippen LogP contribution >= 0.6 is 11.8 Å². The Kier molecular flexibility index (Phi) is 4.59. The van der Waals surface area contributed by atoms with Crippen LogP contribution in [-0.4, -0.2) is 43.0 Å². The van der Waals surface area contributed by atoms with Crippen LogP contribution in [0.4, 0.5) is 0 Å². The number of carbonyl (C=O) groups is 2. The van der Waals surface area contributed by atoms with Crippen molar-refractivity contribution in [3.05, 3.63) is 40.4 Å². The van der Waals surface area contributed by atoms with E-state index in [4.69, 9.17) is 10.00 Å². The zero-order valence-electron chi connectivity index (χ0n) is 15.3. The number of hydrogen-bond acceptors (Lipinski definition) is 7. The molecule has 2 aliphatic rings. The number of nitriles is 1. The van der Waals surface area contributed by atoms with Gasteiger partial charge in [0.15, 0.2) is 5.82 Å². The first-order valence-corrected chi connectivity index (χ1v) is 9.91. The molecule has 0 bridgehead atoms. The number of ether oxygens (including phenoxy) is 1. The summed E-state index contributed by atoms with van der Waals surface area (Å²) in [6.45, 7) is 1.54. The summed E-state index contributed by atoms with van der Waals surface area (Å²) in [5.74, 6) is 0.133.